The molecule has 0 bridgehead atoms. The quantitative estimate of drug-likeness (QED) is 0.0291. The van der Waals surface area contributed by atoms with Gasteiger partial charge < -0.3 is 15.5 Å². The van der Waals surface area contributed by atoms with Crippen LogP contribution >= 0.6 is 0 Å². The van der Waals surface area contributed by atoms with E-state index < -0.39 is 40.0 Å². The van der Waals surface area contributed by atoms with E-state index in [0.29, 0.717) is 6.42 Å². The standard InChI is InChI=1S/C41H77NO6S/c1-3-5-7-9-11-13-15-17-18-19-20-21-22-23-24-26-27-29-31-33-35-39(43)38(37-49(46,47)48)42-41(45)40(44)36-34-32-30-28-25-16-14-12-10-8-6-4-2/h25,28,32-35,38-40,43-44H,3-24,26-27,29-31,36-37H2,1-2H3,(H,42,45)(H,46,47,48)/b28-25-,34-32-,35-33+. The third kappa shape index (κ3) is 34.7. The molecule has 0 aromatic carbocycles. The third-order valence-electron chi connectivity index (χ3n) is 9.18. The topological polar surface area (TPSA) is 124 Å². The van der Waals surface area contributed by atoms with Crippen molar-refractivity contribution in [3.05, 3.63) is 36.5 Å². The number of nitrogens with one attached hydrogen (secondary N) is 1. The molecule has 288 valence electrons. The maximum absolute atomic E-state index is 12.5. The summed E-state index contributed by atoms with van der Waals surface area (Å²) in [7, 11) is -4.46. The summed E-state index contributed by atoms with van der Waals surface area (Å²) in [5, 5.41) is 23.2. The van der Waals surface area contributed by atoms with Crippen LogP contribution < -0.4 is 5.32 Å². The van der Waals surface area contributed by atoms with Gasteiger partial charge in [0, 0.05) is 6.42 Å². The highest BCUT2D eigenvalue weighted by atomic mass is 32.2. The molecule has 49 heavy (non-hydrogen) atoms. The van der Waals surface area contributed by atoms with E-state index in [1.807, 2.05) is 6.08 Å². The van der Waals surface area contributed by atoms with Crippen LogP contribution in [0.5, 0.6) is 0 Å². The van der Waals surface area contributed by atoms with Crippen molar-refractivity contribution in [1.82, 2.24) is 5.32 Å². The fraction of sp³-hybridized carbons (Fsp3) is 0.829. The number of hydrogen-bond donors (Lipinski definition) is 4. The van der Waals surface area contributed by atoms with Gasteiger partial charge in [0.15, 0.2) is 0 Å². The molecular weight excluding hydrogens is 635 g/mol. The van der Waals surface area contributed by atoms with Gasteiger partial charge in [0.05, 0.1) is 17.9 Å². The molecule has 0 aromatic rings. The molecule has 0 radical (unpaired) electrons. The first-order valence-electron chi connectivity index (χ1n) is 20.3. The van der Waals surface area contributed by atoms with Gasteiger partial charge >= 0.3 is 0 Å². The minimum Gasteiger partial charge on any atom is -0.387 e. The number of aliphatic hydroxyl groups excluding tert-OH is 2. The van der Waals surface area contributed by atoms with Gasteiger partial charge in [0.2, 0.25) is 5.91 Å². The lowest BCUT2D eigenvalue weighted by molar-refractivity contribution is -0.130. The zero-order chi connectivity index (χ0) is 36.3. The molecule has 7 nitrogen and oxygen atoms in total. The molecular formula is C41H77NO6S. The Kier molecular flexibility index (Phi) is 33.9. The monoisotopic (exact) mass is 712 g/mol. The van der Waals surface area contributed by atoms with Gasteiger partial charge in [0.25, 0.3) is 10.1 Å². The first kappa shape index (κ1) is 47.5. The smallest absolute Gasteiger partial charge is 0.267 e. The molecule has 0 heterocycles. The van der Waals surface area contributed by atoms with Crippen molar-refractivity contribution in [1.29, 1.82) is 0 Å². The van der Waals surface area contributed by atoms with Crippen LogP contribution in [-0.2, 0) is 14.9 Å². The lowest BCUT2D eigenvalue weighted by Crippen LogP contribution is -2.50. The maximum atomic E-state index is 12.5. The number of carbonyl (C=O) groups is 1. The predicted octanol–water partition coefficient (Wildman–Crippen LogP) is 10.7. The predicted molar refractivity (Wildman–Crippen MR) is 208 cm³/mol. The van der Waals surface area contributed by atoms with E-state index in [1.54, 1.807) is 12.2 Å². The summed E-state index contributed by atoms with van der Waals surface area (Å²) in [5.41, 5.74) is 0. The average molecular weight is 712 g/mol. The zero-order valence-electron chi connectivity index (χ0n) is 31.7. The number of carbonyl (C=O) groups excluding carboxylic acids is 1. The lowest BCUT2D eigenvalue weighted by atomic mass is 10.0. The molecule has 3 atom stereocenters. The molecule has 0 spiro atoms. The van der Waals surface area contributed by atoms with Crippen LogP contribution in [0.2, 0.25) is 0 Å². The van der Waals surface area contributed by atoms with E-state index in [2.05, 4.69) is 31.3 Å². The number of unbranched alkanes of at least 4 members (excludes halogenated alkanes) is 24. The van der Waals surface area contributed by atoms with Crippen LogP contribution in [0.15, 0.2) is 36.5 Å². The Morgan fingerprint density at radius 2 is 0.959 bits per heavy atom. The molecule has 0 aliphatic rings. The maximum Gasteiger partial charge on any atom is 0.267 e. The second-order valence-corrected chi connectivity index (χ2v) is 15.6. The van der Waals surface area contributed by atoms with Gasteiger partial charge in [-0.15, -0.1) is 0 Å². The highest BCUT2D eigenvalue weighted by Gasteiger charge is 2.27. The number of hydrogen-bond acceptors (Lipinski definition) is 5. The van der Waals surface area contributed by atoms with Crippen LogP contribution in [0.1, 0.15) is 194 Å². The number of allylic oxidation sites excluding steroid dienone is 4. The summed E-state index contributed by atoms with van der Waals surface area (Å²) >= 11 is 0. The lowest BCUT2D eigenvalue weighted by Gasteiger charge is -2.22. The van der Waals surface area contributed by atoms with Crippen LogP contribution in [0, 0.1) is 0 Å². The molecule has 1 amide bonds. The van der Waals surface area contributed by atoms with E-state index in [9.17, 15) is 28.0 Å². The molecule has 0 fully saturated rings. The van der Waals surface area contributed by atoms with Crippen molar-refractivity contribution in [3.8, 4) is 0 Å². The first-order chi connectivity index (χ1) is 23.7. The summed E-state index contributed by atoms with van der Waals surface area (Å²) in [6, 6.07) is -1.26. The van der Waals surface area contributed by atoms with Gasteiger partial charge in [-0.25, -0.2) is 0 Å². The first-order valence-corrected chi connectivity index (χ1v) is 21.9. The van der Waals surface area contributed by atoms with Crippen LogP contribution in [0.25, 0.3) is 0 Å². The van der Waals surface area contributed by atoms with Crippen molar-refractivity contribution >= 4 is 16.0 Å². The van der Waals surface area contributed by atoms with Gasteiger partial charge in [-0.3, -0.25) is 9.35 Å². The number of rotatable bonds is 36. The third-order valence-corrected chi connectivity index (χ3v) is 9.96. The Morgan fingerprint density at radius 3 is 1.39 bits per heavy atom. The van der Waals surface area contributed by atoms with Crippen LogP contribution in [0.4, 0.5) is 0 Å². The van der Waals surface area contributed by atoms with E-state index in [4.69, 9.17) is 0 Å². The van der Waals surface area contributed by atoms with Gasteiger partial charge in [-0.05, 0) is 32.1 Å². The number of amides is 1. The van der Waals surface area contributed by atoms with Crippen LogP contribution in [-0.4, -0.2) is 53.1 Å². The van der Waals surface area contributed by atoms with E-state index in [-0.39, 0.29) is 6.42 Å². The Hall–Kier alpha value is -1.48. The largest absolute Gasteiger partial charge is 0.387 e. The van der Waals surface area contributed by atoms with E-state index >= 15 is 0 Å². The Balaban J connectivity index is 4.08. The van der Waals surface area contributed by atoms with Crippen molar-refractivity contribution in [2.24, 2.45) is 0 Å². The highest BCUT2D eigenvalue weighted by molar-refractivity contribution is 7.85. The van der Waals surface area contributed by atoms with Gasteiger partial charge in [-0.2, -0.15) is 8.42 Å². The molecule has 8 heteroatoms. The average Bonchev–Trinajstić information content (AvgIpc) is 3.06. The molecule has 4 N–H and O–H groups in total. The van der Waals surface area contributed by atoms with Gasteiger partial charge in [-0.1, -0.05) is 192 Å². The molecule has 0 saturated heterocycles. The summed E-state index contributed by atoms with van der Waals surface area (Å²) in [4.78, 5) is 12.5. The van der Waals surface area contributed by atoms with E-state index in [1.165, 1.54) is 147 Å². The van der Waals surface area contributed by atoms with Crippen molar-refractivity contribution in [2.45, 2.75) is 212 Å². The van der Waals surface area contributed by atoms with Crippen molar-refractivity contribution in [3.63, 3.8) is 0 Å². The van der Waals surface area contributed by atoms with Gasteiger partial charge in [0.1, 0.15) is 6.10 Å². The van der Waals surface area contributed by atoms with E-state index in [0.717, 1.165) is 25.7 Å². The summed E-state index contributed by atoms with van der Waals surface area (Å²) < 4.78 is 32.4. The second-order valence-electron chi connectivity index (χ2n) is 14.1. The molecule has 3 unspecified atom stereocenters. The summed E-state index contributed by atoms with van der Waals surface area (Å²) in [5.74, 6) is -1.62. The molecule has 0 aliphatic heterocycles. The fourth-order valence-electron chi connectivity index (χ4n) is 6.03. The fourth-order valence-corrected chi connectivity index (χ4v) is 6.76. The highest BCUT2D eigenvalue weighted by Crippen LogP contribution is 2.15. The normalized spacial score (nSPS) is 14.3. The molecule has 0 rings (SSSR count). The summed E-state index contributed by atoms with van der Waals surface area (Å²) in [6.45, 7) is 4.49. The van der Waals surface area contributed by atoms with Crippen molar-refractivity contribution in [2.75, 3.05) is 5.75 Å². The van der Waals surface area contributed by atoms with Crippen LogP contribution in [0.3, 0.4) is 0 Å². The SMILES string of the molecule is CCCCCCCC/C=C\C/C=C\CC(O)C(=O)NC(CS(=O)(=O)O)C(O)/C=C/CCCCCCCCCCCCCCCCCCCC. The summed E-state index contributed by atoms with van der Waals surface area (Å²) in [6.07, 6.45) is 42.3. The Labute approximate surface area is 302 Å². The zero-order valence-corrected chi connectivity index (χ0v) is 32.5. The molecule has 0 saturated carbocycles. The Bertz CT molecular complexity index is 932. The molecule has 0 aromatic heterocycles. The Morgan fingerprint density at radius 1 is 0.571 bits per heavy atom. The van der Waals surface area contributed by atoms with Crippen molar-refractivity contribution < 1.29 is 28.0 Å². The second kappa shape index (κ2) is 34.9. The minimum atomic E-state index is -4.46. The number of aliphatic hydroxyl groups is 2. The minimum absolute atomic E-state index is 0.0704. The molecule has 0 aliphatic carbocycles.